The van der Waals surface area contributed by atoms with E-state index in [9.17, 15) is 14.4 Å². The molecule has 3 aliphatic heterocycles. The molecule has 0 aliphatic carbocycles. The Bertz CT molecular complexity index is 1710. The fourth-order valence-electron chi connectivity index (χ4n) is 6.36. The number of halogens is 1. The Morgan fingerprint density at radius 1 is 1.11 bits per heavy atom. The highest BCUT2D eigenvalue weighted by Gasteiger charge is 2.32. The first kappa shape index (κ1) is 32.9. The van der Waals surface area contributed by atoms with Crippen molar-refractivity contribution in [1.82, 2.24) is 29.7 Å². The molecule has 13 nitrogen and oxygen atoms in total. The quantitative estimate of drug-likeness (QED) is 0.384. The average molecular weight is 685 g/mol. The maximum atomic E-state index is 13.7. The van der Waals surface area contributed by atoms with Gasteiger partial charge in [-0.05, 0) is 58.1 Å². The number of nitrogens with one attached hydrogen (secondary N) is 1. The fourth-order valence-corrected chi connectivity index (χ4v) is 7.41. The van der Waals surface area contributed by atoms with E-state index >= 15 is 0 Å². The van der Waals surface area contributed by atoms with Crippen LogP contribution in [0.5, 0.6) is 5.75 Å². The second-order valence-electron chi connectivity index (χ2n) is 13.3. The molecule has 6 heterocycles. The zero-order chi connectivity index (χ0) is 33.5. The average Bonchev–Trinajstić information content (AvgIpc) is 3.74. The number of carbonyl (C=O) groups excluding carboxylic acids is 3. The first-order valence-electron chi connectivity index (χ1n) is 15.9. The van der Waals surface area contributed by atoms with E-state index in [1.165, 1.54) is 17.7 Å². The Labute approximate surface area is 282 Å². The molecule has 3 N–H and O–H groups in total. The highest BCUT2D eigenvalue weighted by Crippen LogP contribution is 2.37. The third kappa shape index (κ3) is 7.28. The van der Waals surface area contributed by atoms with Gasteiger partial charge in [0.05, 0.1) is 22.3 Å². The Morgan fingerprint density at radius 3 is 2.64 bits per heavy atom. The molecule has 3 aliphatic rings. The van der Waals surface area contributed by atoms with Gasteiger partial charge in [0.15, 0.2) is 5.82 Å². The summed E-state index contributed by atoms with van der Waals surface area (Å²) in [4.78, 5) is 48.6. The molecule has 252 valence electrons. The van der Waals surface area contributed by atoms with Crippen LogP contribution in [-0.2, 0) is 9.53 Å². The molecule has 0 radical (unpaired) electrons. The number of hydrogen-bond acceptors (Lipinski definition) is 10. The molecule has 0 bridgehead atoms. The monoisotopic (exact) mass is 684 g/mol. The van der Waals surface area contributed by atoms with Crippen LogP contribution in [0.25, 0.3) is 11.1 Å². The number of nitrogens with zero attached hydrogens (tertiary/aromatic N) is 6. The summed E-state index contributed by atoms with van der Waals surface area (Å²) in [5.74, 6) is 0.536. The first-order valence-corrected chi connectivity index (χ1v) is 17.1. The number of nitrogens with two attached hydrogens (primary N) is 1. The number of fused-ring (bicyclic) bond motifs is 1. The van der Waals surface area contributed by atoms with Crippen LogP contribution in [0.2, 0.25) is 4.34 Å². The second-order valence-corrected chi connectivity index (χ2v) is 14.9. The lowest BCUT2D eigenvalue weighted by Crippen LogP contribution is -2.48. The smallest absolute Gasteiger partial charge is 0.410 e. The lowest BCUT2D eigenvalue weighted by Gasteiger charge is -2.35. The Hall–Kier alpha value is -4.04. The van der Waals surface area contributed by atoms with Gasteiger partial charge in [0, 0.05) is 51.8 Å². The maximum Gasteiger partial charge on any atom is 0.410 e. The summed E-state index contributed by atoms with van der Waals surface area (Å²) < 4.78 is 14.1. The van der Waals surface area contributed by atoms with Crippen molar-refractivity contribution in [3.63, 3.8) is 0 Å². The van der Waals surface area contributed by atoms with Crippen LogP contribution >= 0.6 is 22.9 Å². The minimum atomic E-state index is -0.588. The summed E-state index contributed by atoms with van der Waals surface area (Å²) in [6, 6.07) is 3.57. The van der Waals surface area contributed by atoms with Crippen LogP contribution in [0.15, 0.2) is 24.5 Å². The number of carbonyl (C=O) groups is 3. The molecular formula is C32H41ClN8O5S. The molecule has 3 aromatic heterocycles. The molecule has 2 atom stereocenters. The van der Waals surface area contributed by atoms with Crippen molar-refractivity contribution in [1.29, 1.82) is 0 Å². The van der Waals surface area contributed by atoms with E-state index in [1.54, 1.807) is 27.3 Å². The Balaban J connectivity index is 1.15. The third-order valence-electron chi connectivity index (χ3n) is 8.55. The number of thiophene rings is 1. The predicted molar refractivity (Wildman–Crippen MR) is 181 cm³/mol. The van der Waals surface area contributed by atoms with E-state index in [0.29, 0.717) is 59.0 Å². The third-order valence-corrected chi connectivity index (χ3v) is 9.80. The van der Waals surface area contributed by atoms with Crippen LogP contribution in [0.4, 0.5) is 16.3 Å². The van der Waals surface area contributed by atoms with Gasteiger partial charge in [0.25, 0.3) is 5.91 Å². The normalized spacial score (nSPS) is 20.4. The topological polar surface area (TPSA) is 148 Å². The number of ether oxygens (including phenoxy) is 2. The van der Waals surface area contributed by atoms with Crippen molar-refractivity contribution in [3.8, 4) is 5.75 Å². The largest absolute Gasteiger partial charge is 0.487 e. The molecule has 6 rings (SSSR count). The standard InChI is InChI=1S/C32H41ClN8O5S/c1-19(42)38-12-9-20(15-38)23-13-24(27-29(34)35-18-36-41(23)27)39-10-5-7-21(16-39)37-30(43)28-25(14-26(33)47-28)45-22-8-6-11-40(17-22)31(44)46-32(2,3)4/h9,13-14,18,21-22H,5-8,10-12,15-17H2,1-4H3,(H,37,43)(H2,34,35,36)/t21-,22?/m1/s1. The number of nitrogen functional groups attached to an aromatic ring is 1. The summed E-state index contributed by atoms with van der Waals surface area (Å²) in [6.07, 6.45) is 5.97. The molecular weight excluding hydrogens is 644 g/mol. The number of rotatable bonds is 6. The summed E-state index contributed by atoms with van der Waals surface area (Å²) in [5, 5.41) is 7.70. The molecule has 0 spiro atoms. The Kier molecular flexibility index (Phi) is 9.25. The van der Waals surface area contributed by atoms with Crippen molar-refractivity contribution in [2.75, 3.05) is 49.9 Å². The van der Waals surface area contributed by atoms with Gasteiger partial charge >= 0.3 is 6.09 Å². The minimum absolute atomic E-state index is 0.0168. The van der Waals surface area contributed by atoms with Gasteiger partial charge in [0.1, 0.15) is 34.2 Å². The van der Waals surface area contributed by atoms with Crippen LogP contribution < -0.4 is 20.7 Å². The highest BCUT2D eigenvalue weighted by molar-refractivity contribution is 7.18. The van der Waals surface area contributed by atoms with Crippen molar-refractivity contribution in [2.24, 2.45) is 0 Å². The van der Waals surface area contributed by atoms with Gasteiger partial charge < -0.3 is 35.2 Å². The van der Waals surface area contributed by atoms with Crippen molar-refractivity contribution >= 4 is 63.4 Å². The molecule has 47 heavy (non-hydrogen) atoms. The lowest BCUT2D eigenvalue weighted by molar-refractivity contribution is -0.127. The predicted octanol–water partition coefficient (Wildman–Crippen LogP) is 4.45. The van der Waals surface area contributed by atoms with E-state index in [-0.39, 0.29) is 30.1 Å². The zero-order valence-electron chi connectivity index (χ0n) is 27.1. The fraction of sp³-hybridized carbons (Fsp3) is 0.531. The number of likely N-dealkylation sites (tertiary alicyclic amines) is 1. The van der Waals surface area contributed by atoms with E-state index in [0.717, 1.165) is 49.2 Å². The maximum absolute atomic E-state index is 13.7. The first-order chi connectivity index (χ1) is 22.4. The molecule has 1 unspecified atom stereocenters. The van der Waals surface area contributed by atoms with Gasteiger partial charge in [-0.3, -0.25) is 9.59 Å². The molecule has 0 aromatic carbocycles. The van der Waals surface area contributed by atoms with Crippen LogP contribution in [0.1, 0.15) is 68.7 Å². The van der Waals surface area contributed by atoms with Crippen LogP contribution in [0.3, 0.4) is 0 Å². The lowest BCUT2D eigenvalue weighted by atomic mass is 10.0. The Morgan fingerprint density at radius 2 is 1.89 bits per heavy atom. The van der Waals surface area contributed by atoms with Crippen molar-refractivity contribution in [2.45, 2.75) is 71.1 Å². The van der Waals surface area contributed by atoms with E-state index < -0.39 is 5.60 Å². The summed E-state index contributed by atoms with van der Waals surface area (Å²) in [7, 11) is 0. The summed E-state index contributed by atoms with van der Waals surface area (Å²) >= 11 is 7.57. The number of amides is 3. The minimum Gasteiger partial charge on any atom is -0.487 e. The van der Waals surface area contributed by atoms with E-state index in [4.69, 9.17) is 26.8 Å². The molecule has 2 fully saturated rings. The number of anilines is 2. The summed E-state index contributed by atoms with van der Waals surface area (Å²) in [6.45, 7) is 10.4. The molecule has 3 amide bonds. The van der Waals surface area contributed by atoms with Gasteiger partial charge in [-0.2, -0.15) is 5.10 Å². The van der Waals surface area contributed by atoms with Crippen LogP contribution in [-0.4, -0.2) is 99.3 Å². The highest BCUT2D eigenvalue weighted by atomic mass is 35.5. The zero-order valence-corrected chi connectivity index (χ0v) is 28.7. The molecule has 0 saturated carbocycles. The van der Waals surface area contributed by atoms with Crippen LogP contribution in [0, 0.1) is 0 Å². The van der Waals surface area contributed by atoms with Gasteiger partial charge in [-0.1, -0.05) is 17.7 Å². The number of piperidine rings is 2. The molecule has 3 aromatic rings. The van der Waals surface area contributed by atoms with Gasteiger partial charge in [0.2, 0.25) is 5.91 Å². The molecule has 15 heteroatoms. The SMILES string of the molecule is CC(=O)N1CC=C(c2cc(N3CCC[C@@H](NC(=O)c4sc(Cl)cc4OC4CCCN(C(=O)OC(C)(C)C)C4)C3)c3c(N)ncnn23)C1. The second kappa shape index (κ2) is 13.2. The van der Waals surface area contributed by atoms with Gasteiger partial charge in [-0.25, -0.2) is 14.3 Å². The van der Waals surface area contributed by atoms with Crippen molar-refractivity contribution < 1.29 is 23.9 Å². The molecule has 2 saturated heterocycles. The van der Waals surface area contributed by atoms with E-state index in [2.05, 4.69) is 26.4 Å². The van der Waals surface area contributed by atoms with Crippen molar-refractivity contribution in [3.05, 3.63) is 39.4 Å². The number of aromatic nitrogens is 3. The van der Waals surface area contributed by atoms with E-state index in [1.807, 2.05) is 26.8 Å². The van der Waals surface area contributed by atoms with Gasteiger partial charge in [-0.15, -0.1) is 11.3 Å². The number of hydrogen-bond donors (Lipinski definition) is 2. The summed E-state index contributed by atoms with van der Waals surface area (Å²) in [5.41, 5.74) is 9.24.